The zero-order valence-electron chi connectivity index (χ0n) is 45.9. The lowest BCUT2D eigenvalue weighted by Crippen LogP contribution is -2.30. The molecule has 67 heavy (non-hydrogen) atoms. The summed E-state index contributed by atoms with van der Waals surface area (Å²) >= 11 is 0. The van der Waals surface area contributed by atoms with E-state index in [2.05, 4.69) is 27.7 Å². The minimum atomic E-state index is -0.762. The molecule has 0 rings (SSSR count). The molecule has 0 heterocycles. The molecule has 0 N–H and O–H groups in total. The van der Waals surface area contributed by atoms with Crippen LogP contribution in [0.3, 0.4) is 0 Å². The van der Waals surface area contributed by atoms with E-state index in [-0.39, 0.29) is 31.1 Å². The van der Waals surface area contributed by atoms with Gasteiger partial charge in [0, 0.05) is 19.3 Å². The van der Waals surface area contributed by atoms with Gasteiger partial charge in [-0.15, -0.1) is 0 Å². The molecule has 0 saturated heterocycles. The van der Waals surface area contributed by atoms with Crippen LogP contribution in [0.2, 0.25) is 0 Å². The first-order valence-electron chi connectivity index (χ1n) is 30.4. The van der Waals surface area contributed by atoms with Gasteiger partial charge in [0.05, 0.1) is 0 Å². The summed E-state index contributed by atoms with van der Waals surface area (Å²) in [5.74, 6) is 0.0184. The molecule has 0 radical (unpaired) electrons. The molecule has 0 fully saturated rings. The number of carbonyl (C=O) groups excluding carboxylic acids is 3. The highest BCUT2D eigenvalue weighted by atomic mass is 16.6. The molecule has 1 atom stereocenters. The summed E-state index contributed by atoms with van der Waals surface area (Å²) in [6, 6.07) is 0. The second kappa shape index (κ2) is 55.3. The molecule has 0 spiro atoms. The van der Waals surface area contributed by atoms with E-state index in [1.54, 1.807) is 0 Å². The van der Waals surface area contributed by atoms with Crippen LogP contribution in [0.5, 0.6) is 0 Å². The Balaban J connectivity index is 4.28. The molecular formula is C61H118O6. The van der Waals surface area contributed by atoms with Gasteiger partial charge in [-0.3, -0.25) is 14.4 Å². The Morgan fingerprint density at radius 1 is 0.284 bits per heavy atom. The number of hydrogen-bond donors (Lipinski definition) is 0. The molecule has 6 nitrogen and oxygen atoms in total. The van der Waals surface area contributed by atoms with Crippen molar-refractivity contribution < 1.29 is 28.6 Å². The minimum absolute atomic E-state index is 0.0614. The summed E-state index contributed by atoms with van der Waals surface area (Å²) in [7, 11) is 0. The average molecular weight is 948 g/mol. The largest absolute Gasteiger partial charge is 0.462 e. The Hall–Kier alpha value is -1.59. The number of rotatable bonds is 56. The van der Waals surface area contributed by atoms with Gasteiger partial charge >= 0.3 is 17.9 Å². The van der Waals surface area contributed by atoms with Gasteiger partial charge in [0.25, 0.3) is 0 Å². The fraction of sp³-hybridized carbons (Fsp3) is 0.951. The molecule has 0 aliphatic carbocycles. The Kier molecular flexibility index (Phi) is 54.0. The summed E-state index contributed by atoms with van der Waals surface area (Å²) in [5.41, 5.74) is 0. The Morgan fingerprint density at radius 2 is 0.493 bits per heavy atom. The molecule has 0 aliphatic heterocycles. The van der Waals surface area contributed by atoms with Crippen LogP contribution in [0.25, 0.3) is 0 Å². The average Bonchev–Trinajstić information content (AvgIpc) is 3.31. The van der Waals surface area contributed by atoms with Gasteiger partial charge in [0.2, 0.25) is 0 Å². The second-order valence-corrected chi connectivity index (χ2v) is 21.5. The minimum Gasteiger partial charge on any atom is -0.462 e. The first-order chi connectivity index (χ1) is 32.9. The molecular weight excluding hydrogens is 829 g/mol. The van der Waals surface area contributed by atoms with Crippen LogP contribution in [0, 0.1) is 5.92 Å². The van der Waals surface area contributed by atoms with Crippen molar-refractivity contribution in [3.05, 3.63) is 0 Å². The molecule has 0 saturated carbocycles. The van der Waals surface area contributed by atoms with E-state index in [0.29, 0.717) is 19.3 Å². The van der Waals surface area contributed by atoms with Gasteiger partial charge in [-0.05, 0) is 25.2 Å². The van der Waals surface area contributed by atoms with Crippen molar-refractivity contribution in [2.75, 3.05) is 13.2 Å². The fourth-order valence-electron chi connectivity index (χ4n) is 9.46. The van der Waals surface area contributed by atoms with Gasteiger partial charge in [0.15, 0.2) is 6.10 Å². The summed E-state index contributed by atoms with van der Waals surface area (Å²) < 4.78 is 16.9. The highest BCUT2D eigenvalue weighted by Crippen LogP contribution is 2.18. The molecule has 0 aromatic heterocycles. The molecule has 0 aromatic carbocycles. The third-order valence-electron chi connectivity index (χ3n) is 14.0. The Bertz CT molecular complexity index is 1010. The topological polar surface area (TPSA) is 78.9 Å². The normalized spacial score (nSPS) is 12.0. The van der Waals surface area contributed by atoms with Crippen LogP contribution in [-0.2, 0) is 28.6 Å². The van der Waals surface area contributed by atoms with Crippen LogP contribution in [0.1, 0.15) is 349 Å². The number of carbonyl (C=O) groups is 3. The maximum absolute atomic E-state index is 12.9. The maximum Gasteiger partial charge on any atom is 0.306 e. The molecule has 398 valence electrons. The van der Waals surface area contributed by atoms with Gasteiger partial charge < -0.3 is 14.2 Å². The van der Waals surface area contributed by atoms with Crippen LogP contribution in [0.4, 0.5) is 0 Å². The van der Waals surface area contributed by atoms with E-state index in [1.807, 2.05) is 0 Å². The molecule has 0 bridgehead atoms. The fourth-order valence-corrected chi connectivity index (χ4v) is 9.46. The van der Waals surface area contributed by atoms with E-state index >= 15 is 0 Å². The zero-order valence-corrected chi connectivity index (χ0v) is 45.9. The quantitative estimate of drug-likeness (QED) is 0.0343. The Morgan fingerprint density at radius 3 is 0.731 bits per heavy atom. The Labute approximate surface area is 418 Å². The lowest BCUT2D eigenvalue weighted by molar-refractivity contribution is -0.167. The number of unbranched alkanes of at least 4 members (excludes halogenated alkanes) is 43. The van der Waals surface area contributed by atoms with Crippen molar-refractivity contribution in [1.29, 1.82) is 0 Å². The summed E-state index contributed by atoms with van der Waals surface area (Å²) in [4.78, 5) is 38.2. The summed E-state index contributed by atoms with van der Waals surface area (Å²) in [6.45, 7) is 9.08. The van der Waals surface area contributed by atoms with E-state index in [0.717, 1.165) is 63.7 Å². The maximum atomic E-state index is 12.9. The lowest BCUT2D eigenvalue weighted by Gasteiger charge is -2.18. The first kappa shape index (κ1) is 65.4. The zero-order chi connectivity index (χ0) is 48.8. The first-order valence-corrected chi connectivity index (χ1v) is 30.4. The van der Waals surface area contributed by atoms with E-state index in [9.17, 15) is 14.4 Å². The lowest BCUT2D eigenvalue weighted by atomic mass is 10.0. The number of esters is 3. The van der Waals surface area contributed by atoms with Crippen molar-refractivity contribution >= 4 is 17.9 Å². The molecule has 0 aliphatic rings. The van der Waals surface area contributed by atoms with Crippen molar-refractivity contribution in [2.24, 2.45) is 5.92 Å². The highest BCUT2D eigenvalue weighted by molar-refractivity contribution is 5.71. The van der Waals surface area contributed by atoms with E-state index < -0.39 is 6.10 Å². The van der Waals surface area contributed by atoms with Gasteiger partial charge in [-0.25, -0.2) is 0 Å². The highest BCUT2D eigenvalue weighted by Gasteiger charge is 2.19. The predicted octanol–water partition coefficient (Wildman–Crippen LogP) is 20.2. The van der Waals surface area contributed by atoms with Crippen LogP contribution >= 0.6 is 0 Å². The molecule has 6 heteroatoms. The third kappa shape index (κ3) is 55.2. The van der Waals surface area contributed by atoms with Crippen molar-refractivity contribution in [2.45, 2.75) is 355 Å². The standard InChI is InChI=1S/C61H118O6/c1-5-7-9-11-13-15-17-19-21-22-25-30-34-38-42-46-50-54-61(64)67-58(55-65-59(62)52-48-44-40-36-32-28-20-18-16-14-12-10-8-6-2)56-66-60(63)53-49-45-41-37-33-29-26-23-24-27-31-35-39-43-47-51-57(3)4/h57-58H,5-56H2,1-4H3/t58-/m1/s1. The van der Waals surface area contributed by atoms with Crippen LogP contribution in [-0.4, -0.2) is 37.2 Å². The van der Waals surface area contributed by atoms with Crippen molar-refractivity contribution in [3.63, 3.8) is 0 Å². The summed E-state index contributed by atoms with van der Waals surface area (Å²) in [5, 5.41) is 0. The third-order valence-corrected chi connectivity index (χ3v) is 14.0. The second-order valence-electron chi connectivity index (χ2n) is 21.5. The summed E-state index contributed by atoms with van der Waals surface area (Å²) in [6.07, 6.45) is 60.9. The number of ether oxygens (including phenoxy) is 3. The van der Waals surface area contributed by atoms with Gasteiger partial charge in [0.1, 0.15) is 13.2 Å². The SMILES string of the molecule is CCCCCCCCCCCCCCCCCCCC(=O)O[C@H](COC(=O)CCCCCCCCCCCCCCCC)COC(=O)CCCCCCCCCCCCCCCCCC(C)C. The van der Waals surface area contributed by atoms with Crippen molar-refractivity contribution in [3.8, 4) is 0 Å². The monoisotopic (exact) mass is 947 g/mol. The predicted molar refractivity (Wildman–Crippen MR) is 289 cm³/mol. The smallest absolute Gasteiger partial charge is 0.306 e. The van der Waals surface area contributed by atoms with Crippen LogP contribution in [0.15, 0.2) is 0 Å². The van der Waals surface area contributed by atoms with Crippen LogP contribution < -0.4 is 0 Å². The van der Waals surface area contributed by atoms with E-state index in [4.69, 9.17) is 14.2 Å². The van der Waals surface area contributed by atoms with Gasteiger partial charge in [-0.2, -0.15) is 0 Å². The molecule has 0 amide bonds. The molecule has 0 aromatic rings. The number of hydrogen-bond acceptors (Lipinski definition) is 6. The van der Waals surface area contributed by atoms with Crippen molar-refractivity contribution in [1.82, 2.24) is 0 Å². The van der Waals surface area contributed by atoms with E-state index in [1.165, 1.54) is 244 Å². The van der Waals surface area contributed by atoms with Gasteiger partial charge in [-0.1, -0.05) is 310 Å². The molecule has 0 unspecified atom stereocenters.